The fraction of sp³-hybridized carbons (Fsp3) is 0.630. The SMILES string of the molecule is C[C@@]1(N2CCN(c3cc4cc(NC(=O)[C@@H]5CC56CCC(F)(F)CC6)ncc4cc3Cl)CC2)COC[C@@H]1O. The van der Waals surface area contributed by atoms with Crippen molar-refractivity contribution in [1.29, 1.82) is 0 Å². The van der Waals surface area contributed by atoms with E-state index in [9.17, 15) is 18.7 Å². The number of aliphatic hydroxyl groups excluding tert-OH is 1. The van der Waals surface area contributed by atoms with Gasteiger partial charge in [-0.25, -0.2) is 13.8 Å². The van der Waals surface area contributed by atoms with E-state index in [0.29, 0.717) is 43.3 Å². The molecule has 4 fully saturated rings. The summed E-state index contributed by atoms with van der Waals surface area (Å²) < 4.78 is 32.7. The van der Waals surface area contributed by atoms with Crippen LogP contribution in [0.3, 0.4) is 0 Å². The number of nitrogens with zero attached hydrogens (tertiary/aromatic N) is 3. The first-order valence-electron chi connectivity index (χ1n) is 13.1. The highest BCUT2D eigenvalue weighted by Gasteiger charge is 2.61. The molecule has 200 valence electrons. The molecular formula is C27H33ClF2N4O3. The second kappa shape index (κ2) is 9.00. The third kappa shape index (κ3) is 4.58. The highest BCUT2D eigenvalue weighted by molar-refractivity contribution is 6.34. The van der Waals surface area contributed by atoms with Crippen molar-refractivity contribution in [1.82, 2.24) is 9.88 Å². The molecule has 0 bridgehead atoms. The summed E-state index contributed by atoms with van der Waals surface area (Å²) in [5.41, 5.74) is 0.301. The summed E-state index contributed by atoms with van der Waals surface area (Å²) in [5, 5.41) is 15.8. The number of benzene rings is 1. The van der Waals surface area contributed by atoms with E-state index in [1.807, 2.05) is 18.2 Å². The fourth-order valence-corrected chi connectivity index (χ4v) is 6.77. The standard InChI is InChI=1S/C27H33ClF2N4O3/c1-25(16-37-15-22(25)35)34-8-6-33(7-9-34)21-11-17-12-23(31-14-18(17)10-20(21)28)32-24(36)19-13-26(19)2-4-27(29,30)5-3-26/h10-12,14,19,22,35H,2-9,13,15-16H2,1H3,(H,31,32,36)/t19-,22-,25+/m0/s1. The lowest BCUT2D eigenvalue weighted by Crippen LogP contribution is -2.60. The Morgan fingerprint density at radius 1 is 1.14 bits per heavy atom. The zero-order valence-electron chi connectivity index (χ0n) is 21.0. The molecule has 2 aliphatic carbocycles. The van der Waals surface area contributed by atoms with E-state index in [2.05, 4.69) is 27.0 Å². The van der Waals surface area contributed by atoms with Crippen LogP contribution in [0.1, 0.15) is 39.0 Å². The third-order valence-electron chi connectivity index (χ3n) is 9.25. The van der Waals surface area contributed by atoms with E-state index in [-0.39, 0.29) is 35.6 Å². The number of fused-ring (bicyclic) bond motifs is 1. The van der Waals surface area contributed by atoms with E-state index in [4.69, 9.17) is 16.3 Å². The van der Waals surface area contributed by atoms with Crippen LogP contribution < -0.4 is 10.2 Å². The molecule has 1 amide bonds. The van der Waals surface area contributed by atoms with Crippen molar-refractivity contribution in [2.75, 3.05) is 49.6 Å². The Kier molecular flexibility index (Phi) is 6.14. The zero-order chi connectivity index (χ0) is 26.0. The Labute approximate surface area is 220 Å². The van der Waals surface area contributed by atoms with Crippen molar-refractivity contribution in [3.05, 3.63) is 29.4 Å². The number of anilines is 2. The highest BCUT2D eigenvalue weighted by Crippen LogP contribution is 2.63. The number of halogens is 3. The van der Waals surface area contributed by atoms with Gasteiger partial charge in [0.25, 0.3) is 0 Å². The predicted molar refractivity (Wildman–Crippen MR) is 138 cm³/mol. The minimum Gasteiger partial charge on any atom is -0.389 e. The van der Waals surface area contributed by atoms with Crippen LogP contribution in [-0.4, -0.2) is 77.9 Å². The Hall–Kier alpha value is -2.07. The maximum atomic E-state index is 13.6. The summed E-state index contributed by atoms with van der Waals surface area (Å²) >= 11 is 6.66. The number of alkyl halides is 2. The van der Waals surface area contributed by atoms with Gasteiger partial charge in [-0.15, -0.1) is 0 Å². The van der Waals surface area contributed by atoms with Crippen molar-refractivity contribution < 1.29 is 23.4 Å². The molecule has 2 saturated heterocycles. The molecule has 6 rings (SSSR count). The lowest BCUT2D eigenvalue weighted by atomic mass is 9.82. The first kappa shape index (κ1) is 25.2. The zero-order valence-corrected chi connectivity index (χ0v) is 21.7. The van der Waals surface area contributed by atoms with Gasteiger partial charge in [0.1, 0.15) is 5.82 Å². The molecule has 3 atom stereocenters. The van der Waals surface area contributed by atoms with Crippen LogP contribution in [0.2, 0.25) is 5.02 Å². The molecule has 4 aliphatic rings. The van der Waals surface area contributed by atoms with Gasteiger partial charge in [-0.1, -0.05) is 11.6 Å². The number of carbonyl (C=O) groups is 1. The van der Waals surface area contributed by atoms with Crippen molar-refractivity contribution in [2.45, 2.75) is 56.6 Å². The molecule has 1 spiro atoms. The van der Waals surface area contributed by atoms with Crippen molar-refractivity contribution >= 4 is 39.8 Å². The van der Waals surface area contributed by atoms with Gasteiger partial charge < -0.3 is 20.1 Å². The molecule has 2 saturated carbocycles. The van der Waals surface area contributed by atoms with Gasteiger partial charge in [-0.05, 0) is 55.2 Å². The Morgan fingerprint density at radius 3 is 2.54 bits per heavy atom. The van der Waals surface area contributed by atoms with Gasteiger partial charge in [0, 0.05) is 56.5 Å². The number of carbonyl (C=O) groups excluding carboxylic acids is 1. The van der Waals surface area contributed by atoms with Gasteiger partial charge in [0.2, 0.25) is 11.8 Å². The van der Waals surface area contributed by atoms with Gasteiger partial charge in [0.15, 0.2) is 0 Å². The van der Waals surface area contributed by atoms with Crippen LogP contribution in [0.4, 0.5) is 20.3 Å². The smallest absolute Gasteiger partial charge is 0.248 e. The second-order valence-electron chi connectivity index (χ2n) is 11.5. The maximum absolute atomic E-state index is 13.6. The summed E-state index contributed by atoms with van der Waals surface area (Å²) in [6, 6.07) is 5.77. The first-order valence-corrected chi connectivity index (χ1v) is 13.5. The average Bonchev–Trinajstić information content (AvgIpc) is 3.49. The van der Waals surface area contributed by atoms with Crippen molar-refractivity contribution in [3.8, 4) is 0 Å². The monoisotopic (exact) mass is 534 g/mol. The number of nitrogens with one attached hydrogen (secondary N) is 1. The third-order valence-corrected chi connectivity index (χ3v) is 9.56. The number of hydrogen-bond acceptors (Lipinski definition) is 6. The molecule has 37 heavy (non-hydrogen) atoms. The highest BCUT2D eigenvalue weighted by atomic mass is 35.5. The van der Waals surface area contributed by atoms with E-state index in [1.165, 1.54) is 0 Å². The Bertz CT molecular complexity index is 1210. The second-order valence-corrected chi connectivity index (χ2v) is 12.0. The molecular weight excluding hydrogens is 502 g/mol. The van der Waals surface area contributed by atoms with Gasteiger partial charge in [-0.3, -0.25) is 9.69 Å². The van der Waals surface area contributed by atoms with E-state index >= 15 is 0 Å². The molecule has 3 heterocycles. The number of piperazine rings is 1. The predicted octanol–water partition coefficient (Wildman–Crippen LogP) is 4.31. The normalized spacial score (nSPS) is 31.1. The fourth-order valence-electron chi connectivity index (χ4n) is 6.48. The van der Waals surface area contributed by atoms with Gasteiger partial charge in [-0.2, -0.15) is 0 Å². The lowest BCUT2D eigenvalue weighted by molar-refractivity contribution is -0.119. The molecule has 1 aromatic heterocycles. The van der Waals surface area contributed by atoms with E-state index in [0.717, 1.165) is 42.6 Å². The van der Waals surface area contributed by atoms with Crippen LogP contribution in [0.5, 0.6) is 0 Å². The van der Waals surface area contributed by atoms with Crippen LogP contribution in [0, 0.1) is 11.3 Å². The molecule has 7 nitrogen and oxygen atoms in total. The summed E-state index contributed by atoms with van der Waals surface area (Å²) in [6.07, 6.45) is 2.44. The number of amides is 1. The van der Waals surface area contributed by atoms with Crippen LogP contribution in [0.15, 0.2) is 24.4 Å². The largest absolute Gasteiger partial charge is 0.389 e. The van der Waals surface area contributed by atoms with E-state index in [1.54, 1.807) is 6.20 Å². The summed E-state index contributed by atoms with van der Waals surface area (Å²) in [7, 11) is 0. The lowest BCUT2D eigenvalue weighted by Gasteiger charge is -2.45. The van der Waals surface area contributed by atoms with Crippen molar-refractivity contribution in [2.24, 2.45) is 11.3 Å². The van der Waals surface area contributed by atoms with Crippen molar-refractivity contribution in [3.63, 3.8) is 0 Å². The first-order chi connectivity index (χ1) is 17.6. The summed E-state index contributed by atoms with van der Waals surface area (Å²) in [4.78, 5) is 21.8. The summed E-state index contributed by atoms with van der Waals surface area (Å²) in [5.74, 6) is -2.48. The Balaban J connectivity index is 1.13. The number of aliphatic hydroxyl groups is 1. The molecule has 2 N–H and O–H groups in total. The molecule has 0 radical (unpaired) electrons. The number of rotatable bonds is 4. The number of hydrogen-bond donors (Lipinski definition) is 2. The van der Waals surface area contributed by atoms with Gasteiger partial charge >= 0.3 is 0 Å². The maximum Gasteiger partial charge on any atom is 0.248 e. The Morgan fingerprint density at radius 2 is 1.86 bits per heavy atom. The number of aromatic nitrogens is 1. The minimum atomic E-state index is -2.59. The van der Waals surface area contributed by atoms with Crippen LogP contribution in [-0.2, 0) is 9.53 Å². The molecule has 10 heteroatoms. The van der Waals surface area contributed by atoms with Crippen LogP contribution >= 0.6 is 11.6 Å². The molecule has 2 aliphatic heterocycles. The average molecular weight is 535 g/mol. The number of pyridine rings is 1. The van der Waals surface area contributed by atoms with E-state index < -0.39 is 12.0 Å². The molecule has 1 aromatic carbocycles. The minimum absolute atomic E-state index is 0.129. The summed E-state index contributed by atoms with van der Waals surface area (Å²) in [6.45, 7) is 6.07. The quantitative estimate of drug-likeness (QED) is 0.608. The molecule has 2 aromatic rings. The van der Waals surface area contributed by atoms with Crippen LogP contribution in [0.25, 0.3) is 10.8 Å². The van der Waals surface area contributed by atoms with Gasteiger partial charge in [0.05, 0.1) is 35.6 Å². The molecule has 0 unspecified atom stereocenters. The topological polar surface area (TPSA) is 77.9 Å². The number of ether oxygens (including phenoxy) is 1.